The maximum absolute atomic E-state index is 2.49. The molecule has 4 heteroatoms. The summed E-state index contributed by atoms with van der Waals surface area (Å²) < 4.78 is 2.40. The largest absolute Gasteiger partial charge is 0.333 e. The summed E-state index contributed by atoms with van der Waals surface area (Å²) >= 11 is 0. The fourth-order valence-electron chi connectivity index (χ4n) is 9.12. The van der Waals surface area contributed by atoms with Crippen molar-refractivity contribution >= 4 is 67.3 Å². The number of nitrogens with zero attached hydrogens (tertiary/aromatic N) is 4. The lowest BCUT2D eigenvalue weighted by Crippen LogP contribution is -2.28. The zero-order chi connectivity index (χ0) is 38.4. The minimum absolute atomic E-state index is 0.226. The summed E-state index contributed by atoms with van der Waals surface area (Å²) in [5, 5.41) is 2.38. The fraction of sp³-hybridized carbons (Fsp3) is 0.0370. The van der Waals surface area contributed by atoms with E-state index in [2.05, 4.69) is 250 Å². The quantitative estimate of drug-likeness (QED) is 0.154. The Hall–Kier alpha value is -7.56. The monoisotopic (exact) mass is 744 g/mol. The topological polar surface area (TPSA) is 14.7 Å². The third-order valence-electron chi connectivity index (χ3n) is 11.6. The van der Waals surface area contributed by atoms with Crippen LogP contribution in [0.3, 0.4) is 0 Å². The molecule has 2 atom stereocenters. The van der Waals surface area contributed by atoms with Gasteiger partial charge >= 0.3 is 0 Å². The van der Waals surface area contributed by atoms with Crippen LogP contribution in [0.15, 0.2) is 231 Å². The Morgan fingerprint density at radius 1 is 0.362 bits per heavy atom. The van der Waals surface area contributed by atoms with Gasteiger partial charge in [0.2, 0.25) is 0 Å². The van der Waals surface area contributed by atoms with E-state index in [9.17, 15) is 0 Å². The number of benzene rings is 8. The predicted molar refractivity (Wildman–Crippen MR) is 244 cm³/mol. The van der Waals surface area contributed by atoms with Gasteiger partial charge in [-0.1, -0.05) is 115 Å². The highest BCUT2D eigenvalue weighted by Gasteiger charge is 2.38. The van der Waals surface area contributed by atoms with Crippen molar-refractivity contribution in [3.05, 3.63) is 236 Å². The lowest BCUT2D eigenvalue weighted by Gasteiger charge is -2.28. The van der Waals surface area contributed by atoms with Crippen LogP contribution in [0, 0.1) is 0 Å². The van der Waals surface area contributed by atoms with Crippen LogP contribution in [0.4, 0.5) is 45.5 Å². The Labute approximate surface area is 339 Å². The van der Waals surface area contributed by atoms with Gasteiger partial charge in [0.1, 0.15) is 0 Å². The van der Waals surface area contributed by atoms with Crippen molar-refractivity contribution in [3.8, 4) is 5.69 Å². The van der Waals surface area contributed by atoms with Gasteiger partial charge in [-0.2, -0.15) is 0 Å². The van der Waals surface area contributed by atoms with Crippen LogP contribution in [-0.4, -0.2) is 10.6 Å². The second-order valence-corrected chi connectivity index (χ2v) is 15.0. The molecule has 4 nitrogen and oxygen atoms in total. The fourth-order valence-corrected chi connectivity index (χ4v) is 9.12. The molecule has 0 N–H and O–H groups in total. The molecule has 0 radical (unpaired) electrons. The second-order valence-electron chi connectivity index (χ2n) is 15.0. The summed E-state index contributed by atoms with van der Waals surface area (Å²) in [7, 11) is 0. The molecule has 0 amide bonds. The molecule has 2 aliphatic rings. The van der Waals surface area contributed by atoms with Gasteiger partial charge < -0.3 is 19.3 Å². The standard InChI is InChI=1S/C54H40N4/c1-6-18-39(19-7-1)55(40-20-8-2-9-21-40)44-30-34-53-49(37-44)50-38-46(32-35-54(50)58(53)43-26-14-5-15-27-43)56(41-22-10-3-11-23-41)45-31-33-52-48(36-45)47-28-16-17-29-51(47)57(52)42-24-12-4-13-25-42/h1-38,47,51H. The van der Waals surface area contributed by atoms with Gasteiger partial charge in [0.15, 0.2) is 0 Å². The Morgan fingerprint density at radius 3 is 1.33 bits per heavy atom. The number of hydrogen-bond acceptors (Lipinski definition) is 3. The molecule has 0 spiro atoms. The third kappa shape index (κ3) is 5.69. The average molecular weight is 745 g/mol. The van der Waals surface area contributed by atoms with Gasteiger partial charge in [0, 0.05) is 67.9 Å². The molecule has 2 heterocycles. The molecule has 8 aromatic carbocycles. The molecule has 11 rings (SSSR count). The minimum Gasteiger partial charge on any atom is -0.333 e. The van der Waals surface area contributed by atoms with Crippen molar-refractivity contribution in [1.29, 1.82) is 0 Å². The third-order valence-corrected chi connectivity index (χ3v) is 11.6. The van der Waals surface area contributed by atoms with Crippen molar-refractivity contribution in [2.45, 2.75) is 12.0 Å². The molecule has 58 heavy (non-hydrogen) atoms. The second kappa shape index (κ2) is 14.2. The van der Waals surface area contributed by atoms with Crippen LogP contribution in [0.5, 0.6) is 0 Å². The normalized spacial score (nSPS) is 15.4. The van der Waals surface area contributed by atoms with E-state index in [-0.39, 0.29) is 12.0 Å². The van der Waals surface area contributed by atoms with E-state index >= 15 is 0 Å². The van der Waals surface area contributed by atoms with Gasteiger partial charge in [-0.05, 0) is 121 Å². The first-order valence-electron chi connectivity index (χ1n) is 20.0. The van der Waals surface area contributed by atoms with Crippen LogP contribution < -0.4 is 14.7 Å². The molecular weight excluding hydrogens is 705 g/mol. The van der Waals surface area contributed by atoms with E-state index in [1.807, 2.05) is 0 Å². The number of hydrogen-bond donors (Lipinski definition) is 0. The maximum atomic E-state index is 2.49. The highest BCUT2D eigenvalue weighted by Crippen LogP contribution is 2.50. The van der Waals surface area contributed by atoms with Crippen LogP contribution in [-0.2, 0) is 0 Å². The molecule has 9 aromatic rings. The van der Waals surface area contributed by atoms with Gasteiger partial charge in [-0.25, -0.2) is 0 Å². The average Bonchev–Trinajstić information content (AvgIpc) is 3.80. The minimum atomic E-state index is 0.226. The van der Waals surface area contributed by atoms with E-state index in [0.29, 0.717) is 0 Å². The first-order chi connectivity index (χ1) is 28.8. The SMILES string of the molecule is C1=CC2c3cc(N(c4ccccc4)c4ccc5c(c4)c4cc(N(c6ccccc6)c6ccccc6)ccc4n5-c4ccccc4)ccc3N(c3ccccc3)C2C=C1. The molecule has 0 saturated carbocycles. The lowest BCUT2D eigenvalue weighted by molar-refractivity contribution is 0.745. The van der Waals surface area contributed by atoms with Crippen LogP contribution in [0.25, 0.3) is 27.5 Å². The molecule has 1 aromatic heterocycles. The summed E-state index contributed by atoms with van der Waals surface area (Å²) in [5.74, 6) is 0.250. The van der Waals surface area contributed by atoms with Crippen LogP contribution in [0.2, 0.25) is 0 Å². The lowest BCUT2D eigenvalue weighted by atomic mass is 9.91. The zero-order valence-corrected chi connectivity index (χ0v) is 31.9. The van der Waals surface area contributed by atoms with Gasteiger partial charge in [-0.3, -0.25) is 0 Å². The Kier molecular flexibility index (Phi) is 8.25. The summed E-state index contributed by atoms with van der Waals surface area (Å²) in [4.78, 5) is 7.25. The molecule has 276 valence electrons. The maximum Gasteiger partial charge on any atom is 0.0629 e. The molecular formula is C54H40N4. The highest BCUT2D eigenvalue weighted by molar-refractivity contribution is 6.12. The number of aromatic nitrogens is 1. The first-order valence-corrected chi connectivity index (χ1v) is 20.0. The number of rotatable bonds is 8. The van der Waals surface area contributed by atoms with Crippen molar-refractivity contribution in [3.63, 3.8) is 0 Å². The van der Waals surface area contributed by atoms with Crippen LogP contribution in [0.1, 0.15) is 11.5 Å². The predicted octanol–water partition coefficient (Wildman–Crippen LogP) is 14.5. The van der Waals surface area contributed by atoms with Crippen LogP contribution >= 0.6 is 0 Å². The number of fused-ring (bicyclic) bond motifs is 6. The van der Waals surface area contributed by atoms with Crippen molar-refractivity contribution in [2.75, 3.05) is 14.7 Å². The van der Waals surface area contributed by atoms with Gasteiger partial charge in [0.05, 0.1) is 17.1 Å². The van der Waals surface area contributed by atoms with E-state index in [4.69, 9.17) is 0 Å². The van der Waals surface area contributed by atoms with E-state index in [1.54, 1.807) is 0 Å². The Morgan fingerprint density at radius 2 is 0.793 bits per heavy atom. The summed E-state index contributed by atoms with van der Waals surface area (Å²) in [6.07, 6.45) is 9.08. The molecule has 0 fully saturated rings. The van der Waals surface area contributed by atoms with Crippen molar-refractivity contribution < 1.29 is 0 Å². The van der Waals surface area contributed by atoms with E-state index < -0.39 is 0 Å². The highest BCUT2D eigenvalue weighted by atomic mass is 15.2. The summed E-state index contributed by atoms with van der Waals surface area (Å²) in [5.41, 5.74) is 13.9. The Bertz CT molecular complexity index is 2920. The van der Waals surface area contributed by atoms with Crippen molar-refractivity contribution in [1.82, 2.24) is 4.57 Å². The summed E-state index contributed by atoms with van der Waals surface area (Å²) in [6.45, 7) is 0. The molecule has 2 unspecified atom stereocenters. The number of anilines is 8. The van der Waals surface area contributed by atoms with Gasteiger partial charge in [-0.15, -0.1) is 0 Å². The molecule has 1 aliphatic carbocycles. The number of para-hydroxylation sites is 5. The summed E-state index contributed by atoms with van der Waals surface area (Å²) in [6, 6.07) is 74.7. The molecule has 1 aliphatic heterocycles. The van der Waals surface area contributed by atoms with Gasteiger partial charge in [0.25, 0.3) is 0 Å². The molecule has 0 saturated heterocycles. The zero-order valence-electron chi connectivity index (χ0n) is 31.9. The Balaban J connectivity index is 1.11. The van der Waals surface area contributed by atoms with Crippen molar-refractivity contribution in [2.24, 2.45) is 0 Å². The smallest absolute Gasteiger partial charge is 0.0629 e. The van der Waals surface area contributed by atoms with E-state index in [0.717, 1.165) is 50.8 Å². The number of allylic oxidation sites excluding steroid dienone is 2. The first kappa shape index (κ1) is 33.8. The molecule has 0 bridgehead atoms. The van der Waals surface area contributed by atoms with E-state index in [1.165, 1.54) is 27.7 Å².